The zero-order valence-corrected chi connectivity index (χ0v) is 74.8. The Bertz CT molecular complexity index is 5230. The maximum absolute atomic E-state index is 11.2. The van der Waals surface area contributed by atoms with Gasteiger partial charge in [0.15, 0.2) is 5.78 Å². The minimum atomic E-state index is 0. The number of aliphatic hydroxyl groups is 1. The molecule has 0 saturated heterocycles. The van der Waals surface area contributed by atoms with Crippen molar-refractivity contribution in [2.45, 2.75) is 81.1 Å². The van der Waals surface area contributed by atoms with Crippen LogP contribution < -0.4 is 0 Å². The number of aryl methyl sites for hydroxylation is 3. The number of ketones is 1. The van der Waals surface area contributed by atoms with E-state index >= 15 is 0 Å². The molecule has 0 amide bonds. The smallest absolute Gasteiger partial charge is 0.159 e. The van der Waals surface area contributed by atoms with Crippen LogP contribution in [0.1, 0.15) is 82.6 Å². The molecular weight excluding hydrogens is 2110 g/mol. The number of nitrogens with zero attached hydrogens (tertiary/aromatic N) is 6. The van der Waals surface area contributed by atoms with Gasteiger partial charge >= 0.3 is 0 Å². The second-order valence-corrected chi connectivity index (χ2v) is 27.2. The Morgan fingerprint density at radius 3 is 1.21 bits per heavy atom. The van der Waals surface area contributed by atoms with Crippen molar-refractivity contribution >= 4 is 27.7 Å². The summed E-state index contributed by atoms with van der Waals surface area (Å²) in [4.78, 5) is 37.4. The van der Waals surface area contributed by atoms with Gasteiger partial charge in [0.05, 0.1) is 11.3 Å². The average molecular weight is 2200 g/mol. The molecule has 0 saturated carbocycles. The molecule has 13 heteroatoms. The number of benzene rings is 9. The van der Waals surface area contributed by atoms with Crippen LogP contribution in [0.4, 0.5) is 0 Å². The third kappa shape index (κ3) is 29.2. The zero-order valence-electron chi connectivity index (χ0n) is 65.2. The fourth-order valence-electron chi connectivity index (χ4n) is 11.5. The summed E-state index contributed by atoms with van der Waals surface area (Å²) in [5, 5.41) is 11.6. The molecule has 0 bridgehead atoms. The second kappa shape index (κ2) is 49.2. The molecule has 16 rings (SSSR count). The van der Waals surface area contributed by atoms with Crippen LogP contribution >= 0.6 is 0 Å². The summed E-state index contributed by atoms with van der Waals surface area (Å²) >= 11 is 0. The number of carbonyl (C=O) groups excluding carboxylic acids is 1. The van der Waals surface area contributed by atoms with Gasteiger partial charge in [0.25, 0.3) is 0 Å². The number of hydrogen-bond donors (Lipinski definition) is 1. The van der Waals surface area contributed by atoms with Gasteiger partial charge in [0.2, 0.25) is 0 Å². The van der Waals surface area contributed by atoms with E-state index < -0.39 is 0 Å². The van der Waals surface area contributed by atoms with Crippen molar-refractivity contribution in [1.29, 1.82) is 0 Å². The number of fused-ring (bicyclic) bond motifs is 3. The van der Waals surface area contributed by atoms with E-state index in [9.17, 15) is 9.90 Å². The molecule has 0 unspecified atom stereocenters. The van der Waals surface area contributed by atoms with E-state index in [4.69, 9.17) is 4.42 Å². The van der Waals surface area contributed by atoms with E-state index in [-0.39, 0.29) is 92.0 Å². The van der Waals surface area contributed by atoms with Gasteiger partial charge in [0.1, 0.15) is 5.58 Å². The molecule has 16 aromatic rings. The van der Waals surface area contributed by atoms with E-state index in [0.717, 1.165) is 95.0 Å². The SMILES string of the molecule is CC(C)CC(=O)C=C(O)CC(C)C.CC(C)c1cccc2c1oc1c(-c3ccccn3)[c-]ccc12.Cc1ccc(-c2[c-]cccc2)nc1.Cc1ccc(-c2[c-]cccc2)nc1.Cc1ccc(-c2ccnc(-c3[c-]cccc3)c2)cc1.[Ir].[Ir].[Ir].[Ir].[c-]1ccccc1-c1ccc(-c2ccccc2)cn1.[c-]1ccccc1-c1ccccn1. The summed E-state index contributed by atoms with van der Waals surface area (Å²) < 4.78 is 6.26. The van der Waals surface area contributed by atoms with Gasteiger partial charge in [-0.3, -0.25) is 4.79 Å². The number of rotatable bonds is 14. The molecule has 0 spiro atoms. The molecule has 9 aromatic carbocycles. The molecule has 0 aliphatic rings. The number of para-hydroxylation sites is 1. The standard InChI is InChI=1S/C20H16NO.C18H14N.C17H12N.2C12H10N.C11H8N.C11H20O2.4Ir/c1-13(2)14-7-5-8-15-16-9-6-10-17(20(16)22-19(14)15)18-11-3-4-12-21-18;1-14-7-9-15(10-8-14)17-11-12-19-18(13-17)16-5-3-2-4-6-16;1-3-7-14(8-4-1)16-11-12-17(18-13-16)15-9-5-2-6-10-15;2*1-10-7-8-12(13-9-10)11-5-3-2-4-6-11;1-2-6-10(7-3-1)11-8-4-5-9-12-11;1-8(2)5-10(12)7-11(13)6-9(3)4;;;;/h3-9,11-13H,1-2H3;2-5,7-13H,1H3;1-9,11-13H;2*2-5,7-9H,1H3;1-6,8-9H;7-9,12H,5-6H2,1-4H3;;;;/q6*-1;;;;;. The number of furan rings is 1. The third-order valence-corrected chi connectivity index (χ3v) is 17.0. The summed E-state index contributed by atoms with van der Waals surface area (Å²) in [6.45, 7) is 18.5. The third-order valence-electron chi connectivity index (χ3n) is 17.0. The predicted molar refractivity (Wildman–Crippen MR) is 452 cm³/mol. The number of aromatic nitrogens is 6. The Morgan fingerprint density at radius 2 is 0.772 bits per heavy atom. The maximum Gasteiger partial charge on any atom is 0.159 e. The Kier molecular flexibility index (Phi) is 39.9. The van der Waals surface area contributed by atoms with Crippen LogP contribution in [0, 0.1) is 69.0 Å². The van der Waals surface area contributed by atoms with Gasteiger partial charge < -0.3 is 39.4 Å². The summed E-state index contributed by atoms with van der Waals surface area (Å²) in [7, 11) is 0. The summed E-state index contributed by atoms with van der Waals surface area (Å²) in [5.41, 5.74) is 23.3. The topological polar surface area (TPSA) is 128 Å². The number of carbonyl (C=O) groups is 1. The molecular formula is C101H90Ir4N6O3-6. The van der Waals surface area contributed by atoms with E-state index in [0.29, 0.717) is 30.6 Å². The Balaban J connectivity index is 0.000000208. The molecule has 7 heterocycles. The van der Waals surface area contributed by atoms with Crippen LogP contribution in [0.5, 0.6) is 0 Å². The first-order valence-corrected chi connectivity index (χ1v) is 37.0. The monoisotopic (exact) mass is 2210 g/mol. The van der Waals surface area contributed by atoms with Gasteiger partial charge in [-0.2, -0.15) is 0 Å². The molecule has 4 radical (unpaired) electrons. The first-order valence-electron chi connectivity index (χ1n) is 37.0. The molecule has 7 aromatic heterocycles. The Hall–Kier alpha value is -10.5. The molecule has 0 aliphatic carbocycles. The predicted octanol–water partition coefficient (Wildman–Crippen LogP) is 25.7. The van der Waals surface area contributed by atoms with Crippen molar-refractivity contribution in [3.63, 3.8) is 0 Å². The van der Waals surface area contributed by atoms with Gasteiger partial charge in [-0.05, 0) is 130 Å². The second-order valence-electron chi connectivity index (χ2n) is 27.2. The van der Waals surface area contributed by atoms with Crippen LogP contribution in [0.25, 0.3) is 112 Å². The zero-order chi connectivity index (χ0) is 77.2. The van der Waals surface area contributed by atoms with E-state index in [1.54, 1.807) is 12.4 Å². The Morgan fingerprint density at radius 1 is 0.351 bits per heavy atom. The average Bonchev–Trinajstić information content (AvgIpc) is 1.61. The minimum absolute atomic E-state index is 0. The first-order chi connectivity index (χ1) is 53.6. The number of pyridine rings is 6. The summed E-state index contributed by atoms with van der Waals surface area (Å²) in [5.74, 6) is 1.40. The van der Waals surface area contributed by atoms with Crippen molar-refractivity contribution < 1.29 is 94.7 Å². The van der Waals surface area contributed by atoms with Crippen LogP contribution in [-0.2, 0) is 85.2 Å². The largest absolute Gasteiger partial charge is 0.512 e. The fourth-order valence-corrected chi connectivity index (χ4v) is 11.5. The van der Waals surface area contributed by atoms with Crippen LogP contribution in [0.2, 0.25) is 0 Å². The number of allylic oxidation sites excluding steroid dienone is 2. The molecule has 0 atom stereocenters. The van der Waals surface area contributed by atoms with E-state index in [2.05, 4.69) is 172 Å². The van der Waals surface area contributed by atoms with Gasteiger partial charge in [-0.25, -0.2) is 0 Å². The molecule has 0 aliphatic heterocycles. The Labute approximate surface area is 727 Å². The van der Waals surface area contributed by atoms with E-state index in [1.165, 1.54) is 45.0 Å². The van der Waals surface area contributed by atoms with Crippen LogP contribution in [0.15, 0.2) is 345 Å². The van der Waals surface area contributed by atoms with Crippen LogP contribution in [-0.4, -0.2) is 40.8 Å². The molecule has 9 nitrogen and oxygen atoms in total. The molecule has 1 N–H and O–H groups in total. The number of aliphatic hydroxyl groups excluding tert-OH is 1. The van der Waals surface area contributed by atoms with Gasteiger partial charge in [-0.1, -0.05) is 198 Å². The van der Waals surface area contributed by atoms with E-state index in [1.807, 2.05) is 273 Å². The molecule has 0 fully saturated rings. The van der Waals surface area contributed by atoms with Crippen molar-refractivity contribution in [1.82, 2.24) is 29.9 Å². The van der Waals surface area contributed by atoms with Crippen LogP contribution in [0.3, 0.4) is 0 Å². The van der Waals surface area contributed by atoms with Crippen molar-refractivity contribution in [2.24, 2.45) is 11.8 Å². The van der Waals surface area contributed by atoms with Gasteiger partial charge in [-0.15, -0.1) is 198 Å². The molecule has 584 valence electrons. The van der Waals surface area contributed by atoms with Crippen molar-refractivity contribution in [2.75, 3.05) is 0 Å². The number of hydrogen-bond acceptors (Lipinski definition) is 9. The molecule has 114 heavy (non-hydrogen) atoms. The van der Waals surface area contributed by atoms with Gasteiger partial charge in [0, 0.05) is 142 Å². The summed E-state index contributed by atoms with van der Waals surface area (Å²) in [6, 6.07) is 116. The first kappa shape index (κ1) is 92.4. The quantitative estimate of drug-likeness (QED) is 0.0643. The fraction of sp³-hybridized carbons (Fsp3) is 0.139. The van der Waals surface area contributed by atoms with Crippen molar-refractivity contribution in [3.8, 4) is 89.8 Å². The maximum atomic E-state index is 11.2. The summed E-state index contributed by atoms with van der Waals surface area (Å²) in [6.07, 6.45) is 13.6. The van der Waals surface area contributed by atoms with Crippen molar-refractivity contribution in [3.05, 3.63) is 399 Å². The minimum Gasteiger partial charge on any atom is -0.512 e. The normalized spacial score (nSPS) is 10.3.